The number of hydrogen-bond donors (Lipinski definition) is 1. The summed E-state index contributed by atoms with van der Waals surface area (Å²) >= 11 is 8.18. The number of rotatable bonds is 4. The lowest BCUT2D eigenvalue weighted by Gasteiger charge is -2.34. The van der Waals surface area contributed by atoms with Crippen LogP contribution in [0.2, 0.25) is 5.02 Å². The van der Waals surface area contributed by atoms with Gasteiger partial charge in [-0.1, -0.05) is 53.2 Å². The normalized spacial score (nSPS) is 24.4. The van der Waals surface area contributed by atoms with E-state index in [9.17, 15) is 0 Å². The Kier molecular flexibility index (Phi) is 5.51. The number of benzene rings is 2. The van der Waals surface area contributed by atoms with Crippen LogP contribution >= 0.6 is 23.4 Å². The van der Waals surface area contributed by atoms with E-state index in [1.54, 1.807) is 7.11 Å². The number of hydrogen-bond acceptors (Lipinski definition) is 5. The average molecular weight is 454 g/mol. The topological polar surface area (TPSA) is 44.4 Å². The van der Waals surface area contributed by atoms with Gasteiger partial charge in [0.25, 0.3) is 0 Å². The Morgan fingerprint density at radius 1 is 1.26 bits per heavy atom. The number of methoxy groups -OCH3 is 1. The van der Waals surface area contributed by atoms with Crippen LogP contribution in [0.4, 0.5) is 0 Å². The Morgan fingerprint density at radius 3 is 2.87 bits per heavy atom. The predicted molar refractivity (Wildman–Crippen MR) is 127 cm³/mol. The first kappa shape index (κ1) is 20.9. The van der Waals surface area contributed by atoms with Gasteiger partial charge < -0.3 is 9.72 Å². The second-order valence-corrected chi connectivity index (χ2v) is 10.0. The number of aromatic amines is 1. The number of imidazole rings is 1. The van der Waals surface area contributed by atoms with Crippen LogP contribution in [0, 0.1) is 20.0 Å². The SMILES string of the molecule is CO[C@@H]1C[C@@H](c2nc3ccc(Cl)c(C)c3[nH]2)N(N2[C]=C(c3cccc(C)c3)SC2C)C1. The smallest absolute Gasteiger partial charge is 0.126 e. The summed E-state index contributed by atoms with van der Waals surface area (Å²) in [6.45, 7) is 7.18. The van der Waals surface area contributed by atoms with Crippen molar-refractivity contribution in [2.24, 2.45) is 0 Å². The highest BCUT2D eigenvalue weighted by atomic mass is 35.5. The Balaban J connectivity index is 1.50. The van der Waals surface area contributed by atoms with E-state index in [1.807, 2.05) is 30.8 Å². The van der Waals surface area contributed by atoms with E-state index in [0.717, 1.165) is 40.4 Å². The lowest BCUT2D eigenvalue weighted by atomic mass is 10.1. The van der Waals surface area contributed by atoms with E-state index in [-0.39, 0.29) is 17.5 Å². The number of nitrogens with one attached hydrogen (secondary N) is 1. The van der Waals surface area contributed by atoms with Crippen molar-refractivity contribution in [3.05, 3.63) is 70.1 Å². The Hall–Kier alpha value is -1.99. The lowest BCUT2D eigenvalue weighted by Crippen LogP contribution is -2.42. The number of aromatic nitrogens is 2. The van der Waals surface area contributed by atoms with Crippen LogP contribution in [0.5, 0.6) is 0 Å². The molecule has 0 bridgehead atoms. The highest BCUT2D eigenvalue weighted by Crippen LogP contribution is 2.44. The summed E-state index contributed by atoms with van der Waals surface area (Å²) in [5, 5.41) is 5.58. The van der Waals surface area contributed by atoms with Crippen LogP contribution in [0.3, 0.4) is 0 Å². The fourth-order valence-electron chi connectivity index (χ4n) is 4.44. The molecule has 5 rings (SSSR count). The highest BCUT2D eigenvalue weighted by molar-refractivity contribution is 8.09. The molecule has 2 aliphatic heterocycles. The number of aryl methyl sites for hydroxylation is 2. The number of fused-ring (bicyclic) bond motifs is 1. The van der Waals surface area contributed by atoms with Crippen LogP contribution < -0.4 is 0 Å². The van der Waals surface area contributed by atoms with Crippen molar-refractivity contribution in [1.82, 2.24) is 20.0 Å². The fraction of sp³-hybridized carbons (Fsp3) is 0.375. The van der Waals surface area contributed by atoms with Gasteiger partial charge in [0.15, 0.2) is 0 Å². The van der Waals surface area contributed by atoms with Gasteiger partial charge in [-0.3, -0.25) is 5.01 Å². The van der Waals surface area contributed by atoms with Crippen molar-refractivity contribution in [1.29, 1.82) is 0 Å². The summed E-state index contributed by atoms with van der Waals surface area (Å²) < 4.78 is 5.76. The first-order chi connectivity index (χ1) is 14.9. The molecule has 1 radical (unpaired) electrons. The van der Waals surface area contributed by atoms with Gasteiger partial charge in [-0.25, -0.2) is 9.99 Å². The molecule has 3 atom stereocenters. The molecule has 7 heteroatoms. The van der Waals surface area contributed by atoms with Crippen LogP contribution in [-0.4, -0.2) is 45.1 Å². The first-order valence-electron chi connectivity index (χ1n) is 10.5. The van der Waals surface area contributed by atoms with E-state index in [4.69, 9.17) is 21.3 Å². The van der Waals surface area contributed by atoms with Crippen LogP contribution in [0.15, 0.2) is 36.4 Å². The molecule has 161 valence electrons. The fourth-order valence-corrected chi connectivity index (χ4v) is 5.62. The van der Waals surface area contributed by atoms with Crippen LogP contribution in [-0.2, 0) is 4.74 Å². The van der Waals surface area contributed by atoms with E-state index >= 15 is 0 Å². The number of halogens is 1. The molecule has 3 aromatic rings. The maximum atomic E-state index is 6.34. The van der Waals surface area contributed by atoms with E-state index in [0.29, 0.717) is 0 Å². The molecule has 2 aromatic carbocycles. The predicted octanol–water partition coefficient (Wildman–Crippen LogP) is 5.71. The standard InChI is InChI=1S/C24H26ClN4OS/c1-14-6-5-7-17(10-14)22-13-28(16(3)31-22)29-12-18(30-4)11-21(29)24-26-20-9-8-19(25)15(2)23(20)27-24/h5-10,16,18,21H,11-12H2,1-4H3,(H,26,27)/t16?,18-,21+/m1/s1. The Bertz CT molecular complexity index is 1160. The third kappa shape index (κ3) is 3.76. The molecular formula is C24H26ClN4OS. The Morgan fingerprint density at radius 2 is 2.10 bits per heavy atom. The molecule has 1 unspecified atom stereocenters. The lowest BCUT2D eigenvalue weighted by molar-refractivity contribution is -0.0154. The summed E-state index contributed by atoms with van der Waals surface area (Å²) in [5.74, 6) is 0.947. The molecule has 0 aliphatic carbocycles. The average Bonchev–Trinajstić information content (AvgIpc) is 3.46. The van der Waals surface area contributed by atoms with E-state index in [1.165, 1.54) is 16.0 Å². The monoisotopic (exact) mass is 453 g/mol. The molecule has 1 N–H and O–H groups in total. The minimum atomic E-state index is 0.0861. The molecule has 1 aromatic heterocycles. The zero-order valence-electron chi connectivity index (χ0n) is 18.1. The van der Waals surface area contributed by atoms with Gasteiger partial charge in [-0.05, 0) is 50.5 Å². The zero-order chi connectivity index (χ0) is 21.7. The first-order valence-corrected chi connectivity index (χ1v) is 11.8. The second kappa shape index (κ2) is 8.17. The summed E-state index contributed by atoms with van der Waals surface area (Å²) in [6.07, 6.45) is 4.66. The minimum absolute atomic E-state index is 0.0861. The van der Waals surface area contributed by atoms with Gasteiger partial charge in [0, 0.05) is 23.6 Å². The summed E-state index contributed by atoms with van der Waals surface area (Å²) in [6, 6.07) is 12.6. The Labute approximate surface area is 192 Å². The van der Waals surface area contributed by atoms with Gasteiger partial charge in [-0.2, -0.15) is 0 Å². The van der Waals surface area contributed by atoms with Crippen LogP contribution in [0.1, 0.15) is 41.9 Å². The summed E-state index contributed by atoms with van der Waals surface area (Å²) in [4.78, 5) is 9.64. The number of ether oxygens (including phenoxy) is 1. The van der Waals surface area contributed by atoms with Gasteiger partial charge in [-0.15, -0.1) is 0 Å². The highest BCUT2D eigenvalue weighted by Gasteiger charge is 2.41. The number of thioether (sulfide) groups is 1. The van der Waals surface area contributed by atoms with Crippen molar-refractivity contribution in [3.63, 3.8) is 0 Å². The molecule has 2 aliphatic rings. The molecule has 3 heterocycles. The van der Waals surface area contributed by atoms with Gasteiger partial charge >= 0.3 is 0 Å². The van der Waals surface area contributed by atoms with Crippen molar-refractivity contribution in [3.8, 4) is 0 Å². The molecule has 0 saturated carbocycles. The summed E-state index contributed by atoms with van der Waals surface area (Å²) in [7, 11) is 1.79. The molecule has 31 heavy (non-hydrogen) atoms. The molecule has 0 spiro atoms. The van der Waals surface area contributed by atoms with Gasteiger partial charge in [0.2, 0.25) is 0 Å². The van der Waals surface area contributed by atoms with Gasteiger partial charge in [0.05, 0.1) is 34.8 Å². The largest absolute Gasteiger partial charge is 0.380 e. The maximum Gasteiger partial charge on any atom is 0.126 e. The summed E-state index contributed by atoms with van der Waals surface area (Å²) in [5.41, 5.74) is 5.46. The van der Waals surface area contributed by atoms with E-state index in [2.05, 4.69) is 59.3 Å². The molecule has 1 saturated heterocycles. The number of hydrazine groups is 1. The molecule has 1 fully saturated rings. The zero-order valence-corrected chi connectivity index (χ0v) is 19.7. The van der Waals surface area contributed by atoms with Crippen molar-refractivity contribution < 1.29 is 4.74 Å². The third-order valence-electron chi connectivity index (χ3n) is 6.16. The number of H-pyrrole nitrogens is 1. The molecular weight excluding hydrogens is 428 g/mol. The van der Waals surface area contributed by atoms with Crippen LogP contribution in [0.25, 0.3) is 15.9 Å². The van der Waals surface area contributed by atoms with Crippen molar-refractivity contribution in [2.75, 3.05) is 13.7 Å². The second-order valence-electron chi connectivity index (χ2n) is 8.29. The molecule has 5 nitrogen and oxygen atoms in total. The third-order valence-corrected chi connectivity index (χ3v) is 7.68. The number of nitrogens with zero attached hydrogens (tertiary/aromatic N) is 3. The van der Waals surface area contributed by atoms with Crippen molar-refractivity contribution >= 4 is 39.3 Å². The maximum absolute atomic E-state index is 6.34. The van der Waals surface area contributed by atoms with E-state index < -0.39 is 0 Å². The van der Waals surface area contributed by atoms with Crippen molar-refractivity contribution in [2.45, 2.75) is 44.7 Å². The quantitative estimate of drug-likeness (QED) is 0.548. The molecule has 0 amide bonds. The minimum Gasteiger partial charge on any atom is -0.380 e. The van der Waals surface area contributed by atoms with Gasteiger partial charge in [0.1, 0.15) is 5.82 Å².